The molecule has 0 aromatic carbocycles. The van der Waals surface area contributed by atoms with Gasteiger partial charge in [-0.3, -0.25) is 0 Å². The first kappa shape index (κ1) is 10.6. The lowest BCUT2D eigenvalue weighted by Gasteiger charge is -2.04. The van der Waals surface area contributed by atoms with Crippen molar-refractivity contribution in [3.63, 3.8) is 0 Å². The largest absolute Gasteiger partial charge is 0.468 e. The van der Waals surface area contributed by atoms with E-state index in [9.17, 15) is 0 Å². The summed E-state index contributed by atoms with van der Waals surface area (Å²) in [5.41, 5.74) is 0.941. The van der Waals surface area contributed by atoms with Gasteiger partial charge in [-0.15, -0.1) is 11.3 Å². The molecule has 2 aromatic rings. The summed E-state index contributed by atoms with van der Waals surface area (Å²) in [5.74, 6) is 0.821. The van der Waals surface area contributed by atoms with Crippen LogP contribution in [0, 0.1) is 0 Å². The van der Waals surface area contributed by atoms with Crippen molar-refractivity contribution in [3.05, 3.63) is 44.5 Å². The van der Waals surface area contributed by atoms with E-state index >= 15 is 0 Å². The van der Waals surface area contributed by atoms with Crippen LogP contribution in [0.4, 0.5) is 0 Å². The molecule has 0 fully saturated rings. The number of thiophene rings is 1. The molecule has 0 N–H and O–H groups in total. The zero-order chi connectivity index (χ0) is 10.1. The molecular weight excluding hydrogens is 307 g/mol. The quantitative estimate of drug-likeness (QED) is 0.701. The molecule has 0 aliphatic carbocycles. The Morgan fingerprint density at radius 3 is 2.71 bits per heavy atom. The van der Waals surface area contributed by atoms with Crippen molar-refractivity contribution in [2.45, 2.75) is 4.83 Å². The summed E-state index contributed by atoms with van der Waals surface area (Å²) in [4.78, 5) is -0.0336. The first-order chi connectivity index (χ1) is 6.68. The normalized spacial score (nSPS) is 13.1. The highest BCUT2D eigenvalue weighted by atomic mass is 79.9. The monoisotopic (exact) mass is 310 g/mol. The topological polar surface area (TPSA) is 13.1 Å². The molecule has 0 amide bonds. The molecule has 1 unspecified atom stereocenters. The molecule has 2 heterocycles. The van der Waals surface area contributed by atoms with Crippen LogP contribution in [0.1, 0.15) is 16.2 Å². The smallest absolute Gasteiger partial charge is 0.121 e. The fourth-order valence-corrected chi connectivity index (χ4v) is 3.55. The van der Waals surface area contributed by atoms with E-state index in [1.165, 1.54) is 11.3 Å². The predicted octanol–water partition coefficient (Wildman–Crippen LogP) is 5.13. The Balaban J connectivity index is 2.36. The minimum absolute atomic E-state index is 0.0336. The van der Waals surface area contributed by atoms with Crippen LogP contribution in [-0.4, -0.2) is 0 Å². The Labute approximate surface area is 104 Å². The Bertz CT molecular complexity index is 424. The highest BCUT2D eigenvalue weighted by Crippen LogP contribution is 2.41. The van der Waals surface area contributed by atoms with Crippen LogP contribution in [0.15, 0.2) is 28.9 Å². The average Bonchev–Trinajstić information content (AvgIpc) is 2.73. The molecule has 0 aliphatic rings. The van der Waals surface area contributed by atoms with E-state index in [4.69, 9.17) is 27.6 Å². The molecule has 2 rings (SSSR count). The van der Waals surface area contributed by atoms with E-state index in [1.54, 1.807) is 6.26 Å². The molecule has 14 heavy (non-hydrogen) atoms. The van der Waals surface area contributed by atoms with E-state index < -0.39 is 0 Å². The summed E-state index contributed by atoms with van der Waals surface area (Å²) in [7, 11) is 0. The molecule has 0 saturated heterocycles. The van der Waals surface area contributed by atoms with Gasteiger partial charge in [0, 0.05) is 5.56 Å². The molecular formula is C9H5BrCl2OS. The lowest BCUT2D eigenvalue weighted by Crippen LogP contribution is -1.87. The van der Waals surface area contributed by atoms with Crippen molar-refractivity contribution in [2.75, 3.05) is 0 Å². The molecule has 0 radical (unpaired) electrons. The van der Waals surface area contributed by atoms with Gasteiger partial charge in [-0.25, -0.2) is 0 Å². The van der Waals surface area contributed by atoms with E-state index in [1.807, 2.05) is 18.2 Å². The summed E-state index contributed by atoms with van der Waals surface area (Å²) >= 11 is 16.7. The second-order valence-electron chi connectivity index (χ2n) is 2.66. The Kier molecular flexibility index (Phi) is 3.22. The van der Waals surface area contributed by atoms with Crippen LogP contribution in [0.5, 0.6) is 0 Å². The highest BCUT2D eigenvalue weighted by molar-refractivity contribution is 9.09. The summed E-state index contributed by atoms with van der Waals surface area (Å²) in [6.45, 7) is 0. The minimum atomic E-state index is -0.0336. The van der Waals surface area contributed by atoms with Crippen LogP contribution in [0.3, 0.4) is 0 Å². The van der Waals surface area contributed by atoms with Gasteiger partial charge < -0.3 is 4.42 Å². The maximum atomic E-state index is 6.02. The molecule has 1 atom stereocenters. The number of hydrogen-bond acceptors (Lipinski definition) is 2. The number of halogens is 3. The summed E-state index contributed by atoms with van der Waals surface area (Å²) in [6.07, 6.45) is 1.63. The molecule has 2 aromatic heterocycles. The summed E-state index contributed by atoms with van der Waals surface area (Å²) in [5, 5.41) is 0. The number of hydrogen-bond donors (Lipinski definition) is 0. The third-order valence-electron chi connectivity index (χ3n) is 1.75. The molecule has 0 spiro atoms. The van der Waals surface area contributed by atoms with E-state index in [-0.39, 0.29) is 4.83 Å². The molecule has 0 bridgehead atoms. The minimum Gasteiger partial charge on any atom is -0.468 e. The van der Waals surface area contributed by atoms with Gasteiger partial charge in [-0.05, 0) is 18.2 Å². The number of rotatable bonds is 2. The summed E-state index contributed by atoms with van der Waals surface area (Å²) < 4.78 is 6.64. The highest BCUT2D eigenvalue weighted by Gasteiger charge is 2.18. The fraction of sp³-hybridized carbons (Fsp3) is 0.111. The third-order valence-corrected chi connectivity index (χ3v) is 4.21. The van der Waals surface area contributed by atoms with Crippen LogP contribution in [0.25, 0.3) is 0 Å². The van der Waals surface area contributed by atoms with Crippen molar-refractivity contribution in [1.82, 2.24) is 0 Å². The lowest BCUT2D eigenvalue weighted by molar-refractivity contribution is 0.520. The molecule has 0 saturated carbocycles. The standard InChI is InChI=1S/C9H5BrCl2OS/c10-8(6-2-1-3-13-6)5-4-7(11)14-9(5)12/h1-4,8H. The maximum absolute atomic E-state index is 6.02. The van der Waals surface area contributed by atoms with Gasteiger partial charge in [-0.2, -0.15) is 0 Å². The van der Waals surface area contributed by atoms with E-state index in [0.717, 1.165) is 11.3 Å². The van der Waals surface area contributed by atoms with Gasteiger partial charge in [-0.1, -0.05) is 39.1 Å². The van der Waals surface area contributed by atoms with Gasteiger partial charge in [0.1, 0.15) is 5.76 Å². The zero-order valence-electron chi connectivity index (χ0n) is 6.84. The fourth-order valence-electron chi connectivity index (χ4n) is 1.11. The van der Waals surface area contributed by atoms with Crippen LogP contribution in [-0.2, 0) is 0 Å². The van der Waals surface area contributed by atoms with Crippen molar-refractivity contribution in [3.8, 4) is 0 Å². The van der Waals surface area contributed by atoms with E-state index in [2.05, 4.69) is 15.9 Å². The van der Waals surface area contributed by atoms with Crippen molar-refractivity contribution in [2.24, 2.45) is 0 Å². The van der Waals surface area contributed by atoms with Gasteiger partial charge >= 0.3 is 0 Å². The van der Waals surface area contributed by atoms with Gasteiger partial charge in [0.25, 0.3) is 0 Å². The van der Waals surface area contributed by atoms with Gasteiger partial charge in [0.2, 0.25) is 0 Å². The predicted molar refractivity (Wildman–Crippen MR) is 63.8 cm³/mol. The molecule has 1 nitrogen and oxygen atoms in total. The van der Waals surface area contributed by atoms with Crippen molar-refractivity contribution in [1.29, 1.82) is 0 Å². The first-order valence-electron chi connectivity index (χ1n) is 3.80. The number of alkyl halides is 1. The Hall–Kier alpha value is 0.0400. The molecule has 5 heteroatoms. The zero-order valence-corrected chi connectivity index (χ0v) is 10.8. The van der Waals surface area contributed by atoms with Crippen LogP contribution in [0.2, 0.25) is 8.67 Å². The average molecular weight is 312 g/mol. The van der Waals surface area contributed by atoms with Crippen LogP contribution >= 0.6 is 50.5 Å². The summed E-state index contributed by atoms with van der Waals surface area (Å²) in [6, 6.07) is 5.57. The second-order valence-corrected chi connectivity index (χ2v) is 5.86. The van der Waals surface area contributed by atoms with Gasteiger partial charge in [0.05, 0.1) is 19.8 Å². The van der Waals surface area contributed by atoms with E-state index in [0.29, 0.717) is 8.67 Å². The van der Waals surface area contributed by atoms with Crippen LogP contribution < -0.4 is 0 Å². The molecule has 74 valence electrons. The Morgan fingerprint density at radius 2 is 2.21 bits per heavy atom. The SMILES string of the molecule is Clc1cc(C(Br)c2ccco2)c(Cl)s1. The molecule has 0 aliphatic heterocycles. The Morgan fingerprint density at radius 1 is 1.43 bits per heavy atom. The second kappa shape index (κ2) is 4.27. The van der Waals surface area contributed by atoms with Crippen molar-refractivity contribution < 1.29 is 4.42 Å². The van der Waals surface area contributed by atoms with Gasteiger partial charge in [0.15, 0.2) is 0 Å². The number of furan rings is 1. The van der Waals surface area contributed by atoms with Crippen molar-refractivity contribution >= 4 is 50.5 Å². The first-order valence-corrected chi connectivity index (χ1v) is 6.29. The third kappa shape index (κ3) is 2.01. The lowest BCUT2D eigenvalue weighted by atomic mass is 10.2. The maximum Gasteiger partial charge on any atom is 0.121 e.